The van der Waals surface area contributed by atoms with Crippen LogP contribution in [-0.2, 0) is 25.8 Å². The van der Waals surface area contributed by atoms with Gasteiger partial charge in [-0.05, 0) is 42.8 Å². The molecule has 34 heavy (non-hydrogen) atoms. The van der Waals surface area contributed by atoms with E-state index in [1.54, 1.807) is 0 Å². The van der Waals surface area contributed by atoms with Crippen LogP contribution in [0.1, 0.15) is 16.7 Å². The van der Waals surface area contributed by atoms with Gasteiger partial charge in [0.05, 0.1) is 11.4 Å². The first-order valence-corrected chi connectivity index (χ1v) is 11.8. The van der Waals surface area contributed by atoms with Crippen LogP contribution in [0.25, 0.3) is 0 Å². The van der Waals surface area contributed by atoms with Crippen molar-refractivity contribution < 1.29 is 18.8 Å². The standard InChI is InChI=1S/C26H22FN3O3S/c1-17-7-12-22-21(13-17)26(30(24(32)16-34-26)20-10-8-19(27)9-11-20)25(33)29(22)15-23(31)28-14-18-5-3-2-4-6-18/h2-13H,14-16H2,1H3,(H,28,31)/t26-/m1/s1. The van der Waals surface area contributed by atoms with Crippen molar-refractivity contribution >= 4 is 40.9 Å². The van der Waals surface area contributed by atoms with Crippen LogP contribution in [0.15, 0.2) is 72.8 Å². The zero-order chi connectivity index (χ0) is 23.9. The zero-order valence-corrected chi connectivity index (χ0v) is 19.3. The van der Waals surface area contributed by atoms with Crippen molar-refractivity contribution in [2.24, 2.45) is 0 Å². The SMILES string of the molecule is Cc1ccc2c(c1)[C@@]1(SCC(=O)N1c1ccc(F)cc1)C(=O)N2CC(=O)NCc1ccccc1. The highest BCUT2D eigenvalue weighted by molar-refractivity contribution is 8.02. The topological polar surface area (TPSA) is 69.7 Å². The summed E-state index contributed by atoms with van der Waals surface area (Å²) in [6.07, 6.45) is 0. The third-order valence-electron chi connectivity index (χ3n) is 6.03. The van der Waals surface area contributed by atoms with Crippen LogP contribution in [0.2, 0.25) is 0 Å². The minimum atomic E-state index is -1.34. The Morgan fingerprint density at radius 2 is 1.79 bits per heavy atom. The van der Waals surface area contributed by atoms with E-state index in [-0.39, 0.29) is 30.0 Å². The summed E-state index contributed by atoms with van der Waals surface area (Å²) in [4.78, 5) is 41.3. The molecule has 172 valence electrons. The predicted octanol–water partition coefficient (Wildman–Crippen LogP) is 3.73. The number of rotatable bonds is 5. The number of fused-ring (bicyclic) bond motifs is 2. The Kier molecular flexibility index (Phi) is 5.61. The van der Waals surface area contributed by atoms with Crippen molar-refractivity contribution in [1.29, 1.82) is 0 Å². The molecule has 3 aromatic carbocycles. The van der Waals surface area contributed by atoms with Gasteiger partial charge in [0.25, 0.3) is 5.91 Å². The lowest BCUT2D eigenvalue weighted by molar-refractivity contribution is -0.125. The number of benzene rings is 3. The Labute approximate surface area is 200 Å². The van der Waals surface area contributed by atoms with Gasteiger partial charge in [-0.15, -0.1) is 11.8 Å². The number of thioether (sulfide) groups is 1. The van der Waals surface area contributed by atoms with Gasteiger partial charge < -0.3 is 5.32 Å². The Hall–Kier alpha value is -3.65. The number of hydrogen-bond donors (Lipinski definition) is 1. The number of hydrogen-bond acceptors (Lipinski definition) is 4. The molecule has 1 fully saturated rings. The van der Waals surface area contributed by atoms with Crippen LogP contribution >= 0.6 is 11.8 Å². The Morgan fingerprint density at radius 1 is 1.06 bits per heavy atom. The average molecular weight is 476 g/mol. The highest BCUT2D eigenvalue weighted by atomic mass is 32.2. The molecule has 1 spiro atoms. The van der Waals surface area contributed by atoms with Crippen LogP contribution in [-0.4, -0.2) is 30.0 Å². The number of anilines is 2. The quantitative estimate of drug-likeness (QED) is 0.611. The van der Waals surface area contributed by atoms with Crippen molar-refractivity contribution in [2.45, 2.75) is 18.3 Å². The van der Waals surface area contributed by atoms with Gasteiger partial charge in [0.2, 0.25) is 16.7 Å². The second-order valence-electron chi connectivity index (χ2n) is 8.31. The van der Waals surface area contributed by atoms with E-state index in [0.29, 0.717) is 23.5 Å². The molecule has 1 atom stereocenters. The van der Waals surface area contributed by atoms with Crippen molar-refractivity contribution in [3.05, 3.63) is 95.3 Å². The summed E-state index contributed by atoms with van der Waals surface area (Å²) >= 11 is 1.23. The summed E-state index contributed by atoms with van der Waals surface area (Å²) in [5.74, 6) is -1.23. The third kappa shape index (κ3) is 3.64. The van der Waals surface area contributed by atoms with Crippen LogP contribution in [0, 0.1) is 12.7 Å². The molecule has 6 nitrogen and oxygen atoms in total. The maximum absolute atomic E-state index is 14.0. The van der Waals surface area contributed by atoms with Gasteiger partial charge in [0.15, 0.2) is 0 Å². The zero-order valence-electron chi connectivity index (χ0n) is 18.5. The van der Waals surface area contributed by atoms with Gasteiger partial charge in [0.1, 0.15) is 12.4 Å². The average Bonchev–Trinajstić information content (AvgIpc) is 3.29. The Bertz CT molecular complexity index is 1280. The van der Waals surface area contributed by atoms with Gasteiger partial charge in [-0.25, -0.2) is 4.39 Å². The molecule has 3 aromatic rings. The molecule has 1 saturated heterocycles. The van der Waals surface area contributed by atoms with E-state index in [0.717, 1.165) is 11.1 Å². The van der Waals surface area contributed by atoms with Crippen LogP contribution in [0.5, 0.6) is 0 Å². The first kappa shape index (κ1) is 22.2. The van der Waals surface area contributed by atoms with E-state index in [1.165, 1.54) is 45.8 Å². The summed E-state index contributed by atoms with van der Waals surface area (Å²) in [6.45, 7) is 2.09. The molecule has 8 heteroatoms. The van der Waals surface area contributed by atoms with E-state index >= 15 is 0 Å². The first-order valence-electron chi connectivity index (χ1n) is 10.9. The second kappa shape index (κ2) is 8.61. The summed E-state index contributed by atoms with van der Waals surface area (Å²) in [7, 11) is 0. The highest BCUT2D eigenvalue weighted by Gasteiger charge is 2.61. The number of amides is 3. The lowest BCUT2D eigenvalue weighted by atomic mass is 10.0. The molecule has 0 radical (unpaired) electrons. The molecule has 0 saturated carbocycles. The van der Waals surface area contributed by atoms with E-state index in [9.17, 15) is 18.8 Å². The molecular formula is C26H22FN3O3S. The lowest BCUT2D eigenvalue weighted by Crippen LogP contribution is -2.51. The predicted molar refractivity (Wildman–Crippen MR) is 130 cm³/mol. The molecule has 0 aliphatic carbocycles. The summed E-state index contributed by atoms with van der Waals surface area (Å²) in [6, 6.07) is 20.6. The van der Waals surface area contributed by atoms with E-state index in [4.69, 9.17) is 0 Å². The van der Waals surface area contributed by atoms with E-state index in [1.807, 2.05) is 55.5 Å². The van der Waals surface area contributed by atoms with Crippen molar-refractivity contribution in [3.8, 4) is 0 Å². The summed E-state index contributed by atoms with van der Waals surface area (Å²) in [5.41, 5.74) is 3.58. The van der Waals surface area contributed by atoms with Crippen molar-refractivity contribution in [1.82, 2.24) is 5.32 Å². The van der Waals surface area contributed by atoms with Gasteiger partial charge in [-0.2, -0.15) is 0 Å². The van der Waals surface area contributed by atoms with Crippen molar-refractivity contribution in [3.63, 3.8) is 0 Å². The molecule has 5 rings (SSSR count). The maximum atomic E-state index is 14.0. The fourth-order valence-electron chi connectivity index (χ4n) is 4.46. The Balaban J connectivity index is 1.49. The fraction of sp³-hybridized carbons (Fsp3) is 0.192. The molecule has 0 unspecified atom stereocenters. The first-order chi connectivity index (χ1) is 16.4. The molecular weight excluding hydrogens is 453 g/mol. The molecule has 3 amide bonds. The van der Waals surface area contributed by atoms with Crippen LogP contribution < -0.4 is 15.1 Å². The smallest absolute Gasteiger partial charge is 0.269 e. The van der Waals surface area contributed by atoms with Crippen molar-refractivity contribution in [2.75, 3.05) is 22.1 Å². The largest absolute Gasteiger partial charge is 0.350 e. The minimum absolute atomic E-state index is 0.102. The molecule has 2 heterocycles. The number of carbonyl (C=O) groups excluding carboxylic acids is 3. The van der Waals surface area contributed by atoms with Gasteiger partial charge in [0, 0.05) is 17.8 Å². The molecule has 2 aliphatic rings. The number of aryl methyl sites for hydroxylation is 1. The van der Waals surface area contributed by atoms with E-state index in [2.05, 4.69) is 5.32 Å². The highest BCUT2D eigenvalue weighted by Crippen LogP contribution is 2.55. The van der Waals surface area contributed by atoms with Gasteiger partial charge in [-0.3, -0.25) is 24.2 Å². The second-order valence-corrected chi connectivity index (χ2v) is 9.48. The molecule has 2 aliphatic heterocycles. The summed E-state index contributed by atoms with van der Waals surface area (Å²) < 4.78 is 13.6. The number of nitrogens with one attached hydrogen (secondary N) is 1. The van der Waals surface area contributed by atoms with Crippen LogP contribution in [0.4, 0.5) is 15.8 Å². The maximum Gasteiger partial charge on any atom is 0.269 e. The number of halogens is 1. The minimum Gasteiger partial charge on any atom is -0.350 e. The number of carbonyl (C=O) groups is 3. The molecule has 0 aromatic heterocycles. The Morgan fingerprint density at radius 3 is 2.53 bits per heavy atom. The number of nitrogens with zero attached hydrogens (tertiary/aromatic N) is 2. The summed E-state index contributed by atoms with van der Waals surface area (Å²) in [5, 5.41) is 2.86. The molecule has 0 bridgehead atoms. The molecule has 1 N–H and O–H groups in total. The monoisotopic (exact) mass is 475 g/mol. The van der Waals surface area contributed by atoms with E-state index < -0.39 is 10.7 Å². The van der Waals surface area contributed by atoms with Crippen LogP contribution in [0.3, 0.4) is 0 Å². The van der Waals surface area contributed by atoms with Gasteiger partial charge >= 0.3 is 0 Å². The lowest BCUT2D eigenvalue weighted by Gasteiger charge is -2.33. The van der Waals surface area contributed by atoms with Gasteiger partial charge in [-0.1, -0.05) is 48.0 Å². The normalized spacial score (nSPS) is 19.1. The fourth-order valence-corrected chi connectivity index (χ4v) is 5.81. The third-order valence-corrected chi connectivity index (χ3v) is 7.42.